The van der Waals surface area contributed by atoms with Crippen molar-refractivity contribution in [2.45, 2.75) is 0 Å². The van der Waals surface area contributed by atoms with Crippen molar-refractivity contribution in [2.75, 3.05) is 0 Å². The molecule has 0 spiro atoms. The lowest BCUT2D eigenvalue weighted by molar-refractivity contribution is -0.384. The Kier molecular flexibility index (Phi) is 5.88. The number of nitro groups is 1. The highest BCUT2D eigenvalue weighted by atomic mass is 16.6. The molecule has 0 saturated heterocycles. The maximum atomic E-state index is 12.6. The van der Waals surface area contributed by atoms with Gasteiger partial charge in [0, 0.05) is 34.3 Å². The summed E-state index contributed by atoms with van der Waals surface area (Å²) in [7, 11) is 0. The van der Waals surface area contributed by atoms with Gasteiger partial charge >= 0.3 is 0 Å². The lowest BCUT2D eigenvalue weighted by atomic mass is 10.1. The van der Waals surface area contributed by atoms with E-state index >= 15 is 0 Å². The molecule has 0 fully saturated rings. The Balaban J connectivity index is 1.58. The first kappa shape index (κ1) is 21.8. The smallest absolute Gasteiger partial charge is 0.271 e. The lowest BCUT2D eigenvalue weighted by Gasteiger charge is -2.12. The van der Waals surface area contributed by atoms with Crippen molar-refractivity contribution >= 4 is 28.7 Å². The van der Waals surface area contributed by atoms with Crippen molar-refractivity contribution in [1.82, 2.24) is 9.99 Å². The maximum Gasteiger partial charge on any atom is 0.271 e. The van der Waals surface area contributed by atoms with Gasteiger partial charge in [0.25, 0.3) is 11.6 Å². The summed E-state index contributed by atoms with van der Waals surface area (Å²) >= 11 is 0. The molecule has 7 heteroatoms. The number of nitro benzene ring substituents is 1. The van der Waals surface area contributed by atoms with Crippen LogP contribution in [0.25, 0.3) is 27.8 Å². The van der Waals surface area contributed by atoms with Gasteiger partial charge in [-0.3, -0.25) is 14.9 Å². The Morgan fingerprint density at radius 3 is 2.14 bits per heavy atom. The third-order valence-corrected chi connectivity index (χ3v) is 5.68. The Hall–Kier alpha value is -5.04. The topological polar surface area (TPSA) is 89.5 Å². The Labute approximate surface area is 201 Å². The number of fused-ring (bicyclic) bond motifs is 1. The van der Waals surface area contributed by atoms with E-state index in [1.54, 1.807) is 6.21 Å². The molecule has 0 aliphatic rings. The van der Waals surface area contributed by atoms with E-state index in [0.29, 0.717) is 0 Å². The zero-order valence-electron chi connectivity index (χ0n) is 18.5. The van der Waals surface area contributed by atoms with E-state index in [1.165, 1.54) is 24.3 Å². The zero-order valence-corrected chi connectivity index (χ0v) is 18.5. The number of amides is 1. The number of aromatic nitrogens is 1. The van der Waals surface area contributed by atoms with Crippen molar-refractivity contribution in [3.63, 3.8) is 0 Å². The highest BCUT2D eigenvalue weighted by Crippen LogP contribution is 2.35. The number of rotatable bonds is 6. The summed E-state index contributed by atoms with van der Waals surface area (Å²) in [6.45, 7) is 0. The van der Waals surface area contributed by atoms with Gasteiger partial charge in [-0.1, -0.05) is 66.7 Å². The largest absolute Gasteiger partial charge is 0.309 e. The zero-order chi connectivity index (χ0) is 24.2. The molecular weight excluding hydrogens is 440 g/mol. The predicted octanol–water partition coefficient (Wildman–Crippen LogP) is 5.97. The van der Waals surface area contributed by atoms with Crippen molar-refractivity contribution in [3.05, 3.63) is 130 Å². The highest BCUT2D eigenvalue weighted by molar-refractivity contribution is 6.07. The molecule has 0 aliphatic heterocycles. The van der Waals surface area contributed by atoms with Crippen molar-refractivity contribution in [1.29, 1.82) is 0 Å². The van der Waals surface area contributed by atoms with Crippen LogP contribution in [0.5, 0.6) is 0 Å². The van der Waals surface area contributed by atoms with Crippen LogP contribution in [0, 0.1) is 10.1 Å². The summed E-state index contributed by atoms with van der Waals surface area (Å²) in [5.41, 5.74) is 7.59. The Morgan fingerprint density at radius 2 is 1.46 bits per heavy atom. The highest BCUT2D eigenvalue weighted by Gasteiger charge is 2.18. The van der Waals surface area contributed by atoms with E-state index in [0.717, 1.165) is 33.4 Å². The molecule has 5 rings (SSSR count). The molecular formula is C28H20N4O3. The molecule has 0 atom stereocenters. The van der Waals surface area contributed by atoms with Crippen LogP contribution in [0.15, 0.2) is 114 Å². The summed E-state index contributed by atoms with van der Waals surface area (Å²) in [5.74, 6) is -0.454. The number of hydrogen-bond acceptors (Lipinski definition) is 4. The van der Waals surface area contributed by atoms with Gasteiger partial charge in [-0.25, -0.2) is 5.43 Å². The minimum Gasteiger partial charge on any atom is -0.309 e. The SMILES string of the molecule is O=C(NN=Cc1c(-c2ccccc2)n(-c2ccccc2)c2ccccc12)c1ccc([N+](=O)[O-])cc1. The summed E-state index contributed by atoms with van der Waals surface area (Å²) in [6, 6.07) is 33.5. The second-order valence-corrected chi connectivity index (χ2v) is 7.82. The van der Waals surface area contributed by atoms with Gasteiger partial charge in [0.05, 0.1) is 22.3 Å². The fourth-order valence-corrected chi connectivity index (χ4v) is 4.08. The third-order valence-electron chi connectivity index (χ3n) is 5.68. The number of nitrogens with one attached hydrogen (secondary N) is 1. The van der Waals surface area contributed by atoms with Gasteiger partial charge in [0.2, 0.25) is 0 Å². The average Bonchev–Trinajstić information content (AvgIpc) is 3.24. The van der Waals surface area contributed by atoms with Crippen LogP contribution in [-0.2, 0) is 0 Å². The standard InChI is InChI=1S/C28H20N4O3/c33-28(21-15-17-23(18-16-21)32(34)35)30-29-19-25-24-13-7-8-14-26(24)31(22-11-5-2-6-12-22)27(25)20-9-3-1-4-10-20/h1-19H,(H,30,33). The van der Waals surface area contributed by atoms with Gasteiger partial charge in [-0.15, -0.1) is 0 Å². The minimum atomic E-state index is -0.506. The van der Waals surface area contributed by atoms with E-state index < -0.39 is 10.8 Å². The molecule has 5 aromatic rings. The molecule has 0 unspecified atom stereocenters. The molecule has 7 nitrogen and oxygen atoms in total. The first-order chi connectivity index (χ1) is 17.1. The Morgan fingerprint density at radius 1 is 0.829 bits per heavy atom. The number of carbonyl (C=O) groups is 1. The molecule has 0 saturated carbocycles. The number of para-hydroxylation sites is 2. The predicted molar refractivity (Wildman–Crippen MR) is 137 cm³/mol. The number of benzene rings is 4. The van der Waals surface area contributed by atoms with Crippen molar-refractivity contribution in [3.8, 4) is 16.9 Å². The lowest BCUT2D eigenvalue weighted by Crippen LogP contribution is -2.17. The normalized spacial score (nSPS) is 11.1. The number of nitrogens with zero attached hydrogens (tertiary/aromatic N) is 3. The molecule has 0 bridgehead atoms. The van der Waals surface area contributed by atoms with E-state index in [1.807, 2.05) is 66.7 Å². The fraction of sp³-hybridized carbons (Fsp3) is 0. The average molecular weight is 460 g/mol. The maximum absolute atomic E-state index is 12.6. The first-order valence-corrected chi connectivity index (χ1v) is 11.0. The summed E-state index contributed by atoms with van der Waals surface area (Å²) in [4.78, 5) is 22.9. The second kappa shape index (κ2) is 9.44. The molecule has 1 N–H and O–H groups in total. The summed E-state index contributed by atoms with van der Waals surface area (Å²) in [5, 5.41) is 16.1. The molecule has 1 amide bonds. The van der Waals surface area contributed by atoms with E-state index in [2.05, 4.69) is 33.3 Å². The van der Waals surface area contributed by atoms with E-state index in [9.17, 15) is 14.9 Å². The molecule has 1 aromatic heterocycles. The van der Waals surface area contributed by atoms with E-state index in [4.69, 9.17) is 0 Å². The summed E-state index contributed by atoms with van der Waals surface area (Å²) in [6.07, 6.45) is 1.65. The van der Waals surface area contributed by atoms with Crippen LogP contribution in [0.1, 0.15) is 15.9 Å². The van der Waals surface area contributed by atoms with Crippen LogP contribution >= 0.6 is 0 Å². The summed E-state index contributed by atoms with van der Waals surface area (Å²) < 4.78 is 2.18. The van der Waals surface area contributed by atoms with Crippen LogP contribution in [0.4, 0.5) is 5.69 Å². The van der Waals surface area contributed by atoms with Crippen LogP contribution in [0.2, 0.25) is 0 Å². The van der Waals surface area contributed by atoms with E-state index in [-0.39, 0.29) is 11.3 Å². The molecule has 170 valence electrons. The van der Waals surface area contributed by atoms with Gasteiger partial charge in [-0.05, 0) is 35.9 Å². The van der Waals surface area contributed by atoms with Crippen LogP contribution < -0.4 is 5.43 Å². The molecule has 35 heavy (non-hydrogen) atoms. The third kappa shape index (κ3) is 4.30. The number of hydrogen-bond donors (Lipinski definition) is 1. The first-order valence-electron chi connectivity index (χ1n) is 11.0. The van der Waals surface area contributed by atoms with Gasteiger partial charge in [-0.2, -0.15) is 5.10 Å². The Bertz CT molecular complexity index is 1540. The van der Waals surface area contributed by atoms with Gasteiger partial charge < -0.3 is 4.57 Å². The molecule has 0 aliphatic carbocycles. The molecule has 1 heterocycles. The van der Waals surface area contributed by atoms with Gasteiger partial charge in [0.15, 0.2) is 0 Å². The van der Waals surface area contributed by atoms with Crippen LogP contribution in [0.3, 0.4) is 0 Å². The van der Waals surface area contributed by atoms with Crippen molar-refractivity contribution in [2.24, 2.45) is 5.10 Å². The quantitative estimate of drug-likeness (QED) is 0.192. The number of carbonyl (C=O) groups excluding carboxylic acids is 1. The minimum absolute atomic E-state index is 0.0775. The number of non-ortho nitro benzene ring substituents is 1. The number of hydrazone groups is 1. The van der Waals surface area contributed by atoms with Crippen molar-refractivity contribution < 1.29 is 9.72 Å². The molecule has 4 aromatic carbocycles. The van der Waals surface area contributed by atoms with Gasteiger partial charge in [0.1, 0.15) is 0 Å². The monoisotopic (exact) mass is 460 g/mol. The van der Waals surface area contributed by atoms with Crippen LogP contribution in [-0.4, -0.2) is 21.6 Å². The fourth-order valence-electron chi connectivity index (χ4n) is 4.08. The molecule has 0 radical (unpaired) electrons. The second-order valence-electron chi connectivity index (χ2n) is 7.82.